The number of hydrogen-bond acceptors (Lipinski definition) is 3. The number of carbonyl (C=O) groups is 1. The number of nitrogens with zero attached hydrogens (tertiary/aromatic N) is 3. The zero-order chi connectivity index (χ0) is 18.0. The maximum absolute atomic E-state index is 13.3. The highest BCUT2D eigenvalue weighted by atomic mass is 19.1. The van der Waals surface area contributed by atoms with Gasteiger partial charge in [-0.15, -0.1) is 0 Å². The summed E-state index contributed by atoms with van der Waals surface area (Å²) in [5.41, 5.74) is 0.680. The van der Waals surface area contributed by atoms with Gasteiger partial charge in [0.2, 0.25) is 5.91 Å². The Morgan fingerprint density at radius 2 is 1.92 bits per heavy atom. The molecule has 25 heavy (non-hydrogen) atoms. The number of hydrogen-bond donors (Lipinski definition) is 0. The summed E-state index contributed by atoms with van der Waals surface area (Å²) in [6.45, 7) is 3.69. The lowest BCUT2D eigenvalue weighted by molar-refractivity contribution is -0.119. The quantitative estimate of drug-likeness (QED) is 0.734. The molecule has 6 heteroatoms. The summed E-state index contributed by atoms with van der Waals surface area (Å²) in [6.07, 6.45) is 1.28. The Morgan fingerprint density at radius 3 is 2.60 bits per heavy atom. The summed E-state index contributed by atoms with van der Waals surface area (Å²) in [7, 11) is 0. The van der Waals surface area contributed by atoms with Crippen LogP contribution in [-0.2, 0) is 11.3 Å². The van der Waals surface area contributed by atoms with Gasteiger partial charge in [0.1, 0.15) is 12.4 Å². The van der Waals surface area contributed by atoms with E-state index in [-0.39, 0.29) is 35.0 Å². The van der Waals surface area contributed by atoms with E-state index in [0.29, 0.717) is 0 Å². The summed E-state index contributed by atoms with van der Waals surface area (Å²) < 4.78 is 14.5. The van der Waals surface area contributed by atoms with Crippen molar-refractivity contribution < 1.29 is 9.18 Å². The number of aromatic nitrogens is 2. The van der Waals surface area contributed by atoms with Crippen molar-refractivity contribution in [1.29, 1.82) is 0 Å². The van der Waals surface area contributed by atoms with E-state index in [1.807, 2.05) is 44.2 Å². The molecule has 2 aromatic carbocycles. The van der Waals surface area contributed by atoms with Crippen LogP contribution in [0.5, 0.6) is 0 Å². The minimum Gasteiger partial charge on any atom is -0.308 e. The van der Waals surface area contributed by atoms with Gasteiger partial charge in [0, 0.05) is 17.8 Å². The molecule has 3 rings (SSSR count). The molecule has 5 nitrogen and oxygen atoms in total. The molecule has 1 heterocycles. The molecule has 0 N–H and O–H groups in total. The molecule has 0 aliphatic carbocycles. The lowest BCUT2D eigenvalue weighted by atomic mass is 10.2. The van der Waals surface area contributed by atoms with E-state index in [2.05, 4.69) is 4.98 Å². The van der Waals surface area contributed by atoms with E-state index in [9.17, 15) is 14.0 Å². The first-order chi connectivity index (χ1) is 12.0. The standard InChI is InChI=1S/C19H18FN3O2/c1-13(2)23(15-6-4-3-5-7-15)18(24)11-22-12-21-17-10-14(20)8-9-16(17)19(22)25/h3-10,12-13H,11H2,1-2H3. The molecule has 0 saturated heterocycles. The second kappa shape index (κ2) is 6.84. The highest BCUT2D eigenvalue weighted by Crippen LogP contribution is 2.17. The molecule has 1 amide bonds. The number of anilines is 1. The molecule has 0 aliphatic rings. The average Bonchev–Trinajstić information content (AvgIpc) is 2.58. The first-order valence-electron chi connectivity index (χ1n) is 7.99. The Morgan fingerprint density at radius 1 is 1.20 bits per heavy atom. The van der Waals surface area contributed by atoms with Crippen molar-refractivity contribution in [1.82, 2.24) is 9.55 Å². The molecule has 0 aliphatic heterocycles. The minimum absolute atomic E-state index is 0.0619. The summed E-state index contributed by atoms with van der Waals surface area (Å²) in [5, 5.41) is 0.285. The van der Waals surface area contributed by atoms with Crippen LogP contribution in [0.15, 0.2) is 59.7 Å². The topological polar surface area (TPSA) is 55.2 Å². The summed E-state index contributed by atoms with van der Waals surface area (Å²) in [6, 6.07) is 13.0. The predicted molar refractivity (Wildman–Crippen MR) is 95.0 cm³/mol. The third-order valence-electron chi connectivity index (χ3n) is 3.91. The van der Waals surface area contributed by atoms with Gasteiger partial charge >= 0.3 is 0 Å². The third-order valence-corrected chi connectivity index (χ3v) is 3.91. The van der Waals surface area contributed by atoms with E-state index in [4.69, 9.17) is 0 Å². The molecule has 0 unspecified atom stereocenters. The number of carbonyl (C=O) groups excluding carboxylic acids is 1. The van der Waals surface area contributed by atoms with Gasteiger partial charge in [0.25, 0.3) is 5.56 Å². The van der Waals surface area contributed by atoms with Gasteiger partial charge in [-0.2, -0.15) is 0 Å². The first-order valence-corrected chi connectivity index (χ1v) is 7.99. The Labute approximate surface area is 144 Å². The Balaban J connectivity index is 1.94. The largest absolute Gasteiger partial charge is 0.308 e. The minimum atomic E-state index is -0.455. The van der Waals surface area contributed by atoms with Gasteiger partial charge in [-0.25, -0.2) is 9.37 Å². The number of para-hydroxylation sites is 1. The molecule has 0 bridgehead atoms. The van der Waals surface area contributed by atoms with Gasteiger partial charge in [-0.1, -0.05) is 18.2 Å². The molecule has 0 saturated carbocycles. The highest BCUT2D eigenvalue weighted by Gasteiger charge is 2.20. The van der Waals surface area contributed by atoms with Crippen molar-refractivity contribution in [2.75, 3.05) is 4.90 Å². The van der Waals surface area contributed by atoms with Gasteiger partial charge in [-0.05, 0) is 38.1 Å². The van der Waals surface area contributed by atoms with Gasteiger partial charge < -0.3 is 4.90 Å². The number of rotatable bonds is 4. The van der Waals surface area contributed by atoms with Gasteiger partial charge in [0.05, 0.1) is 17.2 Å². The second-order valence-corrected chi connectivity index (χ2v) is 6.03. The third kappa shape index (κ3) is 3.42. The van der Waals surface area contributed by atoms with Crippen LogP contribution in [-0.4, -0.2) is 21.5 Å². The monoisotopic (exact) mass is 339 g/mol. The van der Waals surface area contributed by atoms with E-state index >= 15 is 0 Å². The molecule has 3 aromatic rings. The van der Waals surface area contributed by atoms with Crippen molar-refractivity contribution in [3.63, 3.8) is 0 Å². The first kappa shape index (κ1) is 16.8. The van der Waals surface area contributed by atoms with Crippen LogP contribution in [0, 0.1) is 5.82 Å². The fourth-order valence-corrected chi connectivity index (χ4v) is 2.78. The summed E-state index contributed by atoms with van der Waals surface area (Å²) in [5.74, 6) is -0.671. The Hall–Kier alpha value is -3.02. The average molecular weight is 339 g/mol. The number of benzene rings is 2. The highest BCUT2D eigenvalue weighted by molar-refractivity contribution is 5.93. The molecule has 0 fully saturated rings. The number of halogens is 1. The fourth-order valence-electron chi connectivity index (χ4n) is 2.78. The van der Waals surface area contributed by atoms with Crippen LogP contribution in [0.3, 0.4) is 0 Å². The molecule has 128 valence electrons. The van der Waals surface area contributed by atoms with E-state index < -0.39 is 5.82 Å². The van der Waals surface area contributed by atoms with Gasteiger partial charge in [0.15, 0.2) is 0 Å². The number of amides is 1. The van der Waals surface area contributed by atoms with Crippen LogP contribution in [0.1, 0.15) is 13.8 Å². The van der Waals surface area contributed by atoms with E-state index in [1.165, 1.54) is 29.1 Å². The van der Waals surface area contributed by atoms with E-state index in [1.54, 1.807) is 4.90 Å². The van der Waals surface area contributed by atoms with Gasteiger partial charge in [-0.3, -0.25) is 14.2 Å². The summed E-state index contributed by atoms with van der Waals surface area (Å²) >= 11 is 0. The Kier molecular flexibility index (Phi) is 4.61. The van der Waals surface area contributed by atoms with Crippen LogP contribution in [0.4, 0.5) is 10.1 Å². The predicted octanol–water partition coefficient (Wildman–Crippen LogP) is 2.98. The van der Waals surface area contributed by atoms with E-state index in [0.717, 1.165) is 5.69 Å². The molecule has 0 spiro atoms. The maximum Gasteiger partial charge on any atom is 0.261 e. The molecular weight excluding hydrogens is 321 g/mol. The SMILES string of the molecule is CC(C)N(C(=O)Cn1cnc2cc(F)ccc2c1=O)c1ccccc1. The normalized spacial score (nSPS) is 11.0. The van der Waals surface area contributed by atoms with Crippen LogP contribution in [0.25, 0.3) is 10.9 Å². The Bertz CT molecular complexity index is 967. The van der Waals surface area contributed by atoms with Crippen molar-refractivity contribution in [3.8, 4) is 0 Å². The fraction of sp³-hybridized carbons (Fsp3) is 0.211. The molecule has 0 radical (unpaired) electrons. The van der Waals surface area contributed by atoms with Crippen LogP contribution >= 0.6 is 0 Å². The zero-order valence-electron chi connectivity index (χ0n) is 14.0. The molecule has 1 aromatic heterocycles. The van der Waals surface area contributed by atoms with Crippen molar-refractivity contribution >= 4 is 22.5 Å². The molecular formula is C19H18FN3O2. The lowest BCUT2D eigenvalue weighted by Crippen LogP contribution is -2.41. The van der Waals surface area contributed by atoms with Crippen molar-refractivity contribution in [3.05, 3.63) is 71.0 Å². The van der Waals surface area contributed by atoms with Crippen LogP contribution in [0.2, 0.25) is 0 Å². The smallest absolute Gasteiger partial charge is 0.261 e. The summed E-state index contributed by atoms with van der Waals surface area (Å²) in [4.78, 5) is 31.0. The number of fused-ring (bicyclic) bond motifs is 1. The molecule has 0 atom stereocenters. The van der Waals surface area contributed by atoms with Crippen molar-refractivity contribution in [2.24, 2.45) is 0 Å². The zero-order valence-corrected chi connectivity index (χ0v) is 14.0. The van der Waals surface area contributed by atoms with Crippen molar-refractivity contribution in [2.45, 2.75) is 26.4 Å². The van der Waals surface area contributed by atoms with Crippen LogP contribution < -0.4 is 10.5 Å². The maximum atomic E-state index is 13.3. The lowest BCUT2D eigenvalue weighted by Gasteiger charge is -2.27. The second-order valence-electron chi connectivity index (χ2n) is 6.03.